The molecule has 19 heavy (non-hydrogen) atoms. The zero-order chi connectivity index (χ0) is 14.4. The van der Waals surface area contributed by atoms with E-state index in [9.17, 15) is 9.18 Å². The third-order valence-corrected chi connectivity index (χ3v) is 3.09. The molecule has 0 aliphatic rings. The maximum atomic E-state index is 13.7. The fraction of sp³-hybridized carbons (Fsp3) is 0.533. The van der Waals surface area contributed by atoms with Crippen LogP contribution in [0, 0.1) is 11.7 Å². The van der Waals surface area contributed by atoms with Crippen molar-refractivity contribution in [1.82, 2.24) is 10.6 Å². The van der Waals surface area contributed by atoms with E-state index in [1.54, 1.807) is 25.2 Å². The minimum absolute atomic E-state index is 0.0584. The first-order valence-electron chi connectivity index (χ1n) is 6.67. The number of carbonyl (C=O) groups is 1. The van der Waals surface area contributed by atoms with Crippen LogP contribution in [0.25, 0.3) is 0 Å². The molecule has 0 saturated heterocycles. The number of hydrogen-bond acceptors (Lipinski definition) is 2. The van der Waals surface area contributed by atoms with Gasteiger partial charge in [0.05, 0.1) is 6.04 Å². The summed E-state index contributed by atoms with van der Waals surface area (Å²) in [6.45, 7) is 5.99. The quantitative estimate of drug-likeness (QED) is 0.831. The average Bonchev–Trinajstić information content (AvgIpc) is 2.36. The normalized spacial score (nSPS) is 14.2. The number of rotatable bonds is 6. The summed E-state index contributed by atoms with van der Waals surface area (Å²) in [5, 5.41) is 5.85. The smallest absolute Gasteiger partial charge is 0.236 e. The number of benzene rings is 1. The minimum Gasteiger partial charge on any atom is -0.358 e. The Morgan fingerprint density at radius 2 is 1.89 bits per heavy atom. The number of carbonyl (C=O) groups excluding carboxylic acids is 1. The van der Waals surface area contributed by atoms with Crippen LogP contribution < -0.4 is 10.6 Å². The van der Waals surface area contributed by atoms with Crippen molar-refractivity contribution in [2.75, 3.05) is 7.05 Å². The van der Waals surface area contributed by atoms with Crippen LogP contribution in [-0.2, 0) is 4.79 Å². The maximum absolute atomic E-state index is 13.7. The van der Waals surface area contributed by atoms with E-state index in [-0.39, 0.29) is 23.8 Å². The molecule has 2 N–H and O–H groups in total. The molecule has 0 fully saturated rings. The van der Waals surface area contributed by atoms with Crippen molar-refractivity contribution in [2.24, 2.45) is 5.92 Å². The van der Waals surface area contributed by atoms with E-state index in [2.05, 4.69) is 24.5 Å². The number of halogens is 1. The molecule has 0 aliphatic carbocycles. The van der Waals surface area contributed by atoms with Gasteiger partial charge < -0.3 is 5.32 Å². The van der Waals surface area contributed by atoms with Gasteiger partial charge in [0.2, 0.25) is 5.91 Å². The molecule has 3 nitrogen and oxygen atoms in total. The van der Waals surface area contributed by atoms with Gasteiger partial charge >= 0.3 is 0 Å². The number of amides is 1. The maximum Gasteiger partial charge on any atom is 0.236 e. The van der Waals surface area contributed by atoms with Gasteiger partial charge in [0.15, 0.2) is 0 Å². The number of hydrogen-bond donors (Lipinski definition) is 2. The Labute approximate surface area is 114 Å². The Morgan fingerprint density at radius 1 is 1.26 bits per heavy atom. The van der Waals surface area contributed by atoms with Gasteiger partial charge in [-0.05, 0) is 25.3 Å². The molecule has 0 radical (unpaired) electrons. The number of nitrogens with one attached hydrogen (secondary N) is 2. The van der Waals surface area contributed by atoms with Crippen LogP contribution in [-0.4, -0.2) is 19.0 Å². The monoisotopic (exact) mass is 266 g/mol. The van der Waals surface area contributed by atoms with Crippen molar-refractivity contribution >= 4 is 5.91 Å². The Balaban J connectivity index is 2.78. The summed E-state index contributed by atoms with van der Waals surface area (Å²) in [7, 11) is 1.62. The van der Waals surface area contributed by atoms with Gasteiger partial charge in [-0.2, -0.15) is 0 Å². The Bertz CT molecular complexity index is 420. The van der Waals surface area contributed by atoms with Crippen molar-refractivity contribution in [2.45, 2.75) is 39.3 Å². The molecule has 0 saturated carbocycles. The summed E-state index contributed by atoms with van der Waals surface area (Å²) < 4.78 is 13.7. The topological polar surface area (TPSA) is 41.1 Å². The van der Waals surface area contributed by atoms with Crippen molar-refractivity contribution in [1.29, 1.82) is 0 Å². The van der Waals surface area contributed by atoms with Crippen LogP contribution in [0.1, 0.15) is 38.8 Å². The molecule has 0 spiro atoms. The third-order valence-electron chi connectivity index (χ3n) is 3.09. The van der Waals surface area contributed by atoms with E-state index in [4.69, 9.17) is 0 Å². The lowest BCUT2D eigenvalue weighted by atomic mass is 10.0. The molecule has 1 rings (SSSR count). The average molecular weight is 266 g/mol. The molecule has 1 aromatic carbocycles. The van der Waals surface area contributed by atoms with Crippen LogP contribution in [0.15, 0.2) is 24.3 Å². The SMILES string of the molecule is CNC(=O)C(CC(C)C)NC(C)c1ccccc1F. The summed E-state index contributed by atoms with van der Waals surface area (Å²) >= 11 is 0. The summed E-state index contributed by atoms with van der Waals surface area (Å²) in [5.74, 6) is 0.0854. The van der Waals surface area contributed by atoms with Gasteiger partial charge in [0.25, 0.3) is 0 Å². The molecule has 2 atom stereocenters. The van der Waals surface area contributed by atoms with E-state index in [1.807, 2.05) is 6.92 Å². The number of likely N-dealkylation sites (N-methyl/N-ethyl adjacent to an activating group) is 1. The van der Waals surface area contributed by atoms with Crippen molar-refractivity contribution in [3.8, 4) is 0 Å². The second kappa shape index (κ2) is 7.24. The molecule has 4 heteroatoms. The van der Waals surface area contributed by atoms with Crippen LogP contribution in [0.2, 0.25) is 0 Å². The first-order valence-corrected chi connectivity index (χ1v) is 6.67. The Hall–Kier alpha value is -1.42. The van der Waals surface area contributed by atoms with E-state index < -0.39 is 0 Å². The second-order valence-electron chi connectivity index (χ2n) is 5.21. The molecule has 1 amide bonds. The zero-order valence-corrected chi connectivity index (χ0v) is 12.0. The van der Waals surface area contributed by atoms with Gasteiger partial charge in [-0.15, -0.1) is 0 Å². The summed E-state index contributed by atoms with van der Waals surface area (Å²) in [4.78, 5) is 11.8. The van der Waals surface area contributed by atoms with Crippen LogP contribution in [0.5, 0.6) is 0 Å². The van der Waals surface area contributed by atoms with Crippen molar-refractivity contribution < 1.29 is 9.18 Å². The van der Waals surface area contributed by atoms with Crippen LogP contribution >= 0.6 is 0 Å². The highest BCUT2D eigenvalue weighted by molar-refractivity contribution is 5.81. The van der Waals surface area contributed by atoms with Gasteiger partial charge in [-0.3, -0.25) is 10.1 Å². The highest BCUT2D eigenvalue weighted by Gasteiger charge is 2.22. The van der Waals surface area contributed by atoms with Crippen LogP contribution in [0.4, 0.5) is 4.39 Å². The summed E-state index contributed by atoms with van der Waals surface area (Å²) in [6, 6.07) is 6.12. The molecule has 0 aliphatic heterocycles. The second-order valence-corrected chi connectivity index (χ2v) is 5.21. The molecule has 1 aromatic rings. The fourth-order valence-corrected chi connectivity index (χ4v) is 2.11. The van der Waals surface area contributed by atoms with Gasteiger partial charge in [0.1, 0.15) is 5.82 Å². The third kappa shape index (κ3) is 4.63. The van der Waals surface area contributed by atoms with Crippen molar-refractivity contribution in [3.63, 3.8) is 0 Å². The summed E-state index contributed by atoms with van der Waals surface area (Å²) in [6.07, 6.45) is 0.721. The lowest BCUT2D eigenvalue weighted by molar-refractivity contribution is -0.123. The first kappa shape index (κ1) is 15.6. The standard InChI is InChI=1S/C15H23FN2O/c1-10(2)9-14(15(19)17-4)18-11(3)12-7-5-6-8-13(12)16/h5-8,10-11,14,18H,9H2,1-4H3,(H,17,19). The molecular formula is C15H23FN2O. The molecule has 0 bridgehead atoms. The fourth-order valence-electron chi connectivity index (χ4n) is 2.11. The van der Waals surface area contributed by atoms with Crippen LogP contribution in [0.3, 0.4) is 0 Å². The van der Waals surface area contributed by atoms with Crippen molar-refractivity contribution in [3.05, 3.63) is 35.6 Å². The lowest BCUT2D eigenvalue weighted by Crippen LogP contribution is -2.44. The summed E-state index contributed by atoms with van der Waals surface area (Å²) in [5.41, 5.74) is 0.583. The van der Waals surface area contributed by atoms with E-state index in [0.29, 0.717) is 11.5 Å². The Morgan fingerprint density at radius 3 is 2.42 bits per heavy atom. The highest BCUT2D eigenvalue weighted by Crippen LogP contribution is 2.18. The lowest BCUT2D eigenvalue weighted by Gasteiger charge is -2.24. The van der Waals surface area contributed by atoms with E-state index in [1.165, 1.54) is 6.07 Å². The molecular weight excluding hydrogens is 243 g/mol. The molecule has 2 unspecified atom stereocenters. The zero-order valence-electron chi connectivity index (χ0n) is 12.0. The van der Waals surface area contributed by atoms with Gasteiger partial charge in [-0.1, -0.05) is 32.0 Å². The Kier molecular flexibility index (Phi) is 5.96. The van der Waals surface area contributed by atoms with Gasteiger partial charge in [0, 0.05) is 18.7 Å². The highest BCUT2D eigenvalue weighted by atomic mass is 19.1. The minimum atomic E-state index is -0.306. The van der Waals surface area contributed by atoms with E-state index >= 15 is 0 Å². The first-order chi connectivity index (χ1) is 8.95. The van der Waals surface area contributed by atoms with Gasteiger partial charge in [-0.25, -0.2) is 4.39 Å². The molecule has 106 valence electrons. The largest absolute Gasteiger partial charge is 0.358 e. The predicted octanol–water partition coefficient (Wildman–Crippen LogP) is 2.64. The molecule has 0 heterocycles. The molecule has 0 aromatic heterocycles. The van der Waals surface area contributed by atoms with E-state index in [0.717, 1.165) is 6.42 Å². The predicted molar refractivity (Wildman–Crippen MR) is 75.3 cm³/mol.